The van der Waals surface area contributed by atoms with E-state index in [-0.39, 0.29) is 10.6 Å². The summed E-state index contributed by atoms with van der Waals surface area (Å²) in [6.45, 7) is 7.65. The van der Waals surface area contributed by atoms with Crippen LogP contribution >= 0.6 is 0 Å². The third kappa shape index (κ3) is 6.15. The van der Waals surface area contributed by atoms with Gasteiger partial charge in [-0.15, -0.1) is 0 Å². The molecule has 1 N–H and O–H groups in total. The van der Waals surface area contributed by atoms with E-state index in [0.29, 0.717) is 12.0 Å². The first-order chi connectivity index (χ1) is 9.52. The number of nitro groups is 1. The number of aryl methyl sites for hydroxylation is 1. The van der Waals surface area contributed by atoms with E-state index in [9.17, 15) is 10.1 Å². The van der Waals surface area contributed by atoms with E-state index < -0.39 is 0 Å². The lowest BCUT2D eigenvalue weighted by molar-refractivity contribution is -0.384. The number of rotatable bonds is 9. The normalized spacial score (nSPS) is 12.6. The standard InChI is InChI=1S/C16H26N2O2/c1-4-17-15(12-13(2)3)7-5-6-14-8-10-16(11-9-14)18(19)20/h8-11,13,15,17H,4-7,12H2,1-3H3. The van der Waals surface area contributed by atoms with E-state index in [0.717, 1.165) is 25.8 Å². The van der Waals surface area contributed by atoms with Gasteiger partial charge in [-0.3, -0.25) is 10.1 Å². The number of benzene rings is 1. The van der Waals surface area contributed by atoms with Gasteiger partial charge in [0.25, 0.3) is 5.69 Å². The average molecular weight is 278 g/mol. The summed E-state index contributed by atoms with van der Waals surface area (Å²) in [5.41, 5.74) is 1.34. The van der Waals surface area contributed by atoms with Crippen LogP contribution in [0.5, 0.6) is 0 Å². The fraction of sp³-hybridized carbons (Fsp3) is 0.625. The van der Waals surface area contributed by atoms with Crippen molar-refractivity contribution in [1.82, 2.24) is 5.32 Å². The summed E-state index contributed by atoms with van der Waals surface area (Å²) >= 11 is 0. The molecule has 0 spiro atoms. The van der Waals surface area contributed by atoms with Gasteiger partial charge in [0.1, 0.15) is 0 Å². The molecule has 1 aromatic carbocycles. The van der Waals surface area contributed by atoms with Crippen LogP contribution in [-0.4, -0.2) is 17.5 Å². The molecule has 0 fully saturated rings. The van der Waals surface area contributed by atoms with Gasteiger partial charge in [-0.25, -0.2) is 0 Å². The SMILES string of the molecule is CCNC(CCCc1ccc([N+](=O)[O-])cc1)CC(C)C. The lowest BCUT2D eigenvalue weighted by Gasteiger charge is -2.19. The van der Waals surface area contributed by atoms with Crippen molar-refractivity contribution in [3.8, 4) is 0 Å². The van der Waals surface area contributed by atoms with Gasteiger partial charge >= 0.3 is 0 Å². The molecule has 4 heteroatoms. The van der Waals surface area contributed by atoms with Gasteiger partial charge in [0.15, 0.2) is 0 Å². The second kappa shape index (κ2) is 8.69. The topological polar surface area (TPSA) is 55.2 Å². The minimum absolute atomic E-state index is 0.166. The quantitative estimate of drug-likeness (QED) is 0.550. The summed E-state index contributed by atoms with van der Waals surface area (Å²) in [4.78, 5) is 10.2. The second-order valence-electron chi connectivity index (χ2n) is 5.70. The van der Waals surface area contributed by atoms with Crippen molar-refractivity contribution in [2.45, 2.75) is 52.5 Å². The largest absolute Gasteiger partial charge is 0.314 e. The number of hydrogen-bond acceptors (Lipinski definition) is 3. The van der Waals surface area contributed by atoms with Crippen molar-refractivity contribution >= 4 is 5.69 Å². The third-order valence-electron chi connectivity index (χ3n) is 3.41. The molecule has 1 rings (SSSR count). The van der Waals surface area contributed by atoms with Crippen molar-refractivity contribution < 1.29 is 4.92 Å². The average Bonchev–Trinajstić information content (AvgIpc) is 2.39. The fourth-order valence-electron chi connectivity index (χ4n) is 2.50. The van der Waals surface area contributed by atoms with Crippen LogP contribution in [0.15, 0.2) is 24.3 Å². The summed E-state index contributed by atoms with van der Waals surface area (Å²) in [5, 5.41) is 14.1. The van der Waals surface area contributed by atoms with E-state index in [2.05, 4.69) is 26.1 Å². The Morgan fingerprint density at radius 1 is 1.25 bits per heavy atom. The molecule has 0 bridgehead atoms. The smallest absolute Gasteiger partial charge is 0.269 e. The third-order valence-corrected chi connectivity index (χ3v) is 3.41. The van der Waals surface area contributed by atoms with Gasteiger partial charge in [0.2, 0.25) is 0 Å². The predicted molar refractivity (Wildman–Crippen MR) is 83.0 cm³/mol. The molecule has 0 heterocycles. The van der Waals surface area contributed by atoms with Crippen molar-refractivity contribution in [2.24, 2.45) is 5.92 Å². The Bertz CT molecular complexity index is 401. The van der Waals surface area contributed by atoms with Crippen LogP contribution in [0.4, 0.5) is 5.69 Å². The second-order valence-corrected chi connectivity index (χ2v) is 5.70. The molecule has 0 aromatic heterocycles. The number of non-ortho nitro benzene ring substituents is 1. The molecule has 20 heavy (non-hydrogen) atoms. The van der Waals surface area contributed by atoms with Crippen LogP contribution in [0, 0.1) is 16.0 Å². The van der Waals surface area contributed by atoms with Gasteiger partial charge in [-0.1, -0.05) is 32.9 Å². The summed E-state index contributed by atoms with van der Waals surface area (Å²) in [7, 11) is 0. The Kier molecular flexibility index (Phi) is 7.23. The maximum Gasteiger partial charge on any atom is 0.269 e. The zero-order valence-electron chi connectivity index (χ0n) is 12.8. The first-order valence-corrected chi connectivity index (χ1v) is 7.49. The van der Waals surface area contributed by atoms with Crippen LogP contribution < -0.4 is 5.32 Å². The highest BCUT2D eigenvalue weighted by Gasteiger charge is 2.09. The fourth-order valence-corrected chi connectivity index (χ4v) is 2.50. The highest BCUT2D eigenvalue weighted by molar-refractivity contribution is 5.32. The molecule has 112 valence electrons. The molecule has 0 aliphatic heterocycles. The molecule has 0 saturated carbocycles. The molecule has 0 radical (unpaired) electrons. The minimum atomic E-state index is -0.354. The van der Waals surface area contributed by atoms with Crippen LogP contribution in [0.1, 0.15) is 45.6 Å². The van der Waals surface area contributed by atoms with Gasteiger partial charge in [-0.05, 0) is 43.7 Å². The summed E-state index contributed by atoms with van der Waals surface area (Å²) in [5.74, 6) is 0.707. The molecule has 1 unspecified atom stereocenters. The Morgan fingerprint density at radius 2 is 1.90 bits per heavy atom. The lowest BCUT2D eigenvalue weighted by atomic mass is 9.97. The van der Waals surface area contributed by atoms with Gasteiger partial charge in [0.05, 0.1) is 4.92 Å². The van der Waals surface area contributed by atoms with E-state index >= 15 is 0 Å². The maximum atomic E-state index is 10.6. The zero-order valence-corrected chi connectivity index (χ0v) is 12.8. The Balaban J connectivity index is 2.39. The number of hydrogen-bond donors (Lipinski definition) is 1. The Morgan fingerprint density at radius 3 is 2.40 bits per heavy atom. The van der Waals surface area contributed by atoms with Gasteiger partial charge in [0, 0.05) is 18.2 Å². The lowest BCUT2D eigenvalue weighted by Crippen LogP contribution is -2.30. The molecule has 0 aliphatic rings. The minimum Gasteiger partial charge on any atom is -0.314 e. The van der Waals surface area contributed by atoms with Gasteiger partial charge in [-0.2, -0.15) is 0 Å². The van der Waals surface area contributed by atoms with Crippen LogP contribution in [0.25, 0.3) is 0 Å². The van der Waals surface area contributed by atoms with Crippen LogP contribution in [0.3, 0.4) is 0 Å². The molecule has 0 saturated heterocycles. The van der Waals surface area contributed by atoms with Crippen LogP contribution in [-0.2, 0) is 6.42 Å². The summed E-state index contributed by atoms with van der Waals surface area (Å²) < 4.78 is 0. The van der Waals surface area contributed by atoms with E-state index in [1.54, 1.807) is 12.1 Å². The molecule has 1 atom stereocenters. The predicted octanol–water partition coefficient (Wildman–Crippen LogP) is 3.94. The molecule has 0 amide bonds. The highest BCUT2D eigenvalue weighted by Crippen LogP contribution is 2.15. The summed E-state index contributed by atoms with van der Waals surface area (Å²) in [6, 6.07) is 7.49. The maximum absolute atomic E-state index is 10.6. The number of nitro benzene ring substituents is 1. The van der Waals surface area contributed by atoms with E-state index in [4.69, 9.17) is 0 Å². The van der Waals surface area contributed by atoms with Crippen molar-refractivity contribution in [2.75, 3.05) is 6.54 Å². The monoisotopic (exact) mass is 278 g/mol. The van der Waals surface area contributed by atoms with Crippen molar-refractivity contribution in [1.29, 1.82) is 0 Å². The molecule has 4 nitrogen and oxygen atoms in total. The zero-order chi connectivity index (χ0) is 15.0. The summed E-state index contributed by atoms with van der Waals surface area (Å²) in [6.07, 6.45) is 4.46. The number of nitrogens with one attached hydrogen (secondary N) is 1. The van der Waals surface area contributed by atoms with Crippen molar-refractivity contribution in [3.63, 3.8) is 0 Å². The Labute approximate surface area is 121 Å². The first-order valence-electron chi connectivity index (χ1n) is 7.49. The van der Waals surface area contributed by atoms with Crippen LogP contribution in [0.2, 0.25) is 0 Å². The highest BCUT2D eigenvalue weighted by atomic mass is 16.6. The van der Waals surface area contributed by atoms with Gasteiger partial charge < -0.3 is 5.32 Å². The van der Waals surface area contributed by atoms with E-state index in [1.807, 2.05) is 12.1 Å². The first kappa shape index (κ1) is 16.6. The molecule has 0 aliphatic carbocycles. The molecule has 1 aromatic rings. The Hall–Kier alpha value is -1.42. The number of nitrogens with zero attached hydrogens (tertiary/aromatic N) is 1. The van der Waals surface area contributed by atoms with E-state index in [1.165, 1.54) is 12.0 Å². The van der Waals surface area contributed by atoms with Crippen molar-refractivity contribution in [3.05, 3.63) is 39.9 Å². The molecular weight excluding hydrogens is 252 g/mol. The molecular formula is C16H26N2O2.